The molecule has 4 nitrogen and oxygen atoms in total. The lowest BCUT2D eigenvalue weighted by atomic mass is 10.0. The van der Waals surface area contributed by atoms with Crippen LogP contribution in [0.2, 0.25) is 0 Å². The van der Waals surface area contributed by atoms with Crippen LogP contribution in [0, 0.1) is 6.92 Å². The Kier molecular flexibility index (Phi) is 5.51. The minimum absolute atomic E-state index is 0.143. The predicted octanol–water partition coefficient (Wildman–Crippen LogP) is 3.88. The Hall–Kier alpha value is -2.59. The first-order valence-corrected chi connectivity index (χ1v) is 8.41. The fourth-order valence-corrected chi connectivity index (χ4v) is 2.97. The topological polar surface area (TPSA) is 55.8 Å². The quantitative estimate of drug-likeness (QED) is 0.832. The van der Waals surface area contributed by atoms with Gasteiger partial charge in [0, 0.05) is 6.42 Å². The van der Waals surface area contributed by atoms with Crippen molar-refractivity contribution in [3.63, 3.8) is 0 Å². The van der Waals surface area contributed by atoms with Gasteiger partial charge in [-0.05, 0) is 47.2 Å². The van der Waals surface area contributed by atoms with E-state index < -0.39 is 5.97 Å². The maximum atomic E-state index is 10.7. The van der Waals surface area contributed by atoms with E-state index in [4.69, 9.17) is 14.6 Å². The molecule has 0 aliphatic carbocycles. The van der Waals surface area contributed by atoms with Crippen LogP contribution in [-0.4, -0.2) is 30.9 Å². The second kappa shape index (κ2) is 7.99. The number of aryl methyl sites for hydroxylation is 2. The molecule has 2 aromatic rings. The molecule has 25 heavy (non-hydrogen) atoms. The molecule has 0 spiro atoms. The molecule has 0 saturated heterocycles. The smallest absolute Gasteiger partial charge is 0.303 e. The van der Waals surface area contributed by atoms with Gasteiger partial charge >= 0.3 is 5.97 Å². The lowest BCUT2D eigenvalue weighted by Gasteiger charge is -2.12. The summed E-state index contributed by atoms with van der Waals surface area (Å²) in [5, 5.41) is 8.78. The minimum Gasteiger partial charge on any atom is -0.489 e. The van der Waals surface area contributed by atoms with Crippen molar-refractivity contribution in [2.75, 3.05) is 19.8 Å². The largest absolute Gasteiger partial charge is 0.489 e. The van der Waals surface area contributed by atoms with Crippen molar-refractivity contribution >= 4 is 11.5 Å². The first-order valence-electron chi connectivity index (χ1n) is 8.41. The van der Waals surface area contributed by atoms with Gasteiger partial charge in [0.05, 0.1) is 13.2 Å². The highest BCUT2D eigenvalue weighted by Crippen LogP contribution is 2.26. The van der Waals surface area contributed by atoms with E-state index in [1.807, 2.05) is 43.3 Å². The molecule has 0 amide bonds. The highest BCUT2D eigenvalue weighted by Gasteiger charge is 2.17. The Morgan fingerprint density at radius 3 is 2.68 bits per heavy atom. The Labute approximate surface area is 147 Å². The number of ether oxygens (including phenoxy) is 2. The van der Waals surface area contributed by atoms with Gasteiger partial charge in [-0.3, -0.25) is 4.79 Å². The fourth-order valence-electron chi connectivity index (χ4n) is 2.97. The van der Waals surface area contributed by atoms with Gasteiger partial charge in [0.1, 0.15) is 12.4 Å². The van der Waals surface area contributed by atoms with Crippen molar-refractivity contribution < 1.29 is 19.4 Å². The van der Waals surface area contributed by atoms with Gasteiger partial charge in [-0.1, -0.05) is 42.5 Å². The molecule has 130 valence electrons. The molecule has 1 N–H and O–H groups in total. The zero-order valence-corrected chi connectivity index (χ0v) is 14.3. The monoisotopic (exact) mass is 338 g/mol. The lowest BCUT2D eigenvalue weighted by Crippen LogP contribution is -2.05. The standard InChI is InChI=1S/C21H22O4/c1-15-11-16(8-10-21(22)23)7-9-20(15)25-13-18-12-24-14-19(18)17-5-3-2-4-6-17/h2-7,9,11H,8,10,12-14H2,1H3,(H,22,23). The number of hydrogen-bond donors (Lipinski definition) is 1. The van der Waals surface area contributed by atoms with E-state index in [0.717, 1.165) is 16.9 Å². The molecule has 0 radical (unpaired) electrons. The fraction of sp³-hybridized carbons (Fsp3) is 0.286. The summed E-state index contributed by atoms with van der Waals surface area (Å²) in [4.78, 5) is 10.7. The summed E-state index contributed by atoms with van der Waals surface area (Å²) in [5.74, 6) is 0.0467. The summed E-state index contributed by atoms with van der Waals surface area (Å²) in [5.41, 5.74) is 5.58. The third kappa shape index (κ3) is 4.48. The molecular formula is C21H22O4. The molecule has 3 rings (SSSR count). The molecule has 1 aliphatic heterocycles. The molecule has 0 atom stereocenters. The van der Waals surface area contributed by atoms with Crippen molar-refractivity contribution in [2.24, 2.45) is 0 Å². The second-order valence-electron chi connectivity index (χ2n) is 6.22. The van der Waals surface area contributed by atoms with Crippen LogP contribution in [0.5, 0.6) is 5.75 Å². The van der Waals surface area contributed by atoms with Crippen LogP contribution in [0.25, 0.3) is 5.57 Å². The van der Waals surface area contributed by atoms with E-state index in [9.17, 15) is 4.79 Å². The third-order valence-corrected chi connectivity index (χ3v) is 4.34. The molecule has 2 aromatic carbocycles. The molecule has 0 aromatic heterocycles. The molecule has 4 heteroatoms. The van der Waals surface area contributed by atoms with Gasteiger partial charge in [0.15, 0.2) is 0 Å². The zero-order chi connectivity index (χ0) is 17.6. The van der Waals surface area contributed by atoms with Gasteiger partial charge in [-0.15, -0.1) is 0 Å². The average molecular weight is 338 g/mol. The molecule has 0 fully saturated rings. The summed E-state index contributed by atoms with van der Waals surface area (Å²) >= 11 is 0. The maximum Gasteiger partial charge on any atom is 0.303 e. The first-order chi connectivity index (χ1) is 12.1. The number of carboxylic acids is 1. The van der Waals surface area contributed by atoms with E-state index in [1.54, 1.807) is 0 Å². The predicted molar refractivity (Wildman–Crippen MR) is 96.8 cm³/mol. The highest BCUT2D eigenvalue weighted by molar-refractivity contribution is 5.71. The third-order valence-electron chi connectivity index (χ3n) is 4.34. The number of hydrogen-bond acceptors (Lipinski definition) is 3. The molecule has 0 bridgehead atoms. The van der Waals surface area contributed by atoms with Crippen LogP contribution in [0.15, 0.2) is 54.1 Å². The van der Waals surface area contributed by atoms with Crippen LogP contribution in [-0.2, 0) is 16.0 Å². The highest BCUT2D eigenvalue weighted by atomic mass is 16.5. The number of benzene rings is 2. The van der Waals surface area contributed by atoms with Gasteiger partial charge in [-0.2, -0.15) is 0 Å². The molecule has 0 unspecified atom stereocenters. The summed E-state index contributed by atoms with van der Waals surface area (Å²) < 4.78 is 11.6. The maximum absolute atomic E-state index is 10.7. The van der Waals surface area contributed by atoms with Crippen molar-refractivity contribution in [1.82, 2.24) is 0 Å². The second-order valence-corrected chi connectivity index (χ2v) is 6.22. The SMILES string of the molecule is Cc1cc(CCC(=O)O)ccc1OCC1=C(c2ccccc2)COC1. The van der Waals surface area contributed by atoms with Crippen molar-refractivity contribution in [3.05, 3.63) is 70.8 Å². The van der Waals surface area contributed by atoms with E-state index in [2.05, 4.69) is 12.1 Å². The van der Waals surface area contributed by atoms with E-state index in [-0.39, 0.29) is 6.42 Å². The zero-order valence-electron chi connectivity index (χ0n) is 14.3. The Morgan fingerprint density at radius 2 is 1.96 bits per heavy atom. The minimum atomic E-state index is -0.778. The molecular weight excluding hydrogens is 316 g/mol. The Balaban J connectivity index is 1.68. The Morgan fingerprint density at radius 1 is 1.16 bits per heavy atom. The number of aliphatic carboxylic acids is 1. The van der Waals surface area contributed by atoms with Crippen molar-refractivity contribution in [3.8, 4) is 5.75 Å². The van der Waals surface area contributed by atoms with Gasteiger partial charge in [-0.25, -0.2) is 0 Å². The van der Waals surface area contributed by atoms with Gasteiger partial charge < -0.3 is 14.6 Å². The Bertz CT molecular complexity index is 778. The first kappa shape index (κ1) is 17.2. The van der Waals surface area contributed by atoms with Crippen LogP contribution in [0.1, 0.15) is 23.1 Å². The van der Waals surface area contributed by atoms with Crippen molar-refractivity contribution in [1.29, 1.82) is 0 Å². The van der Waals surface area contributed by atoms with E-state index >= 15 is 0 Å². The number of carboxylic acid groups (broad SMARTS) is 1. The summed E-state index contributed by atoms with van der Waals surface area (Å²) in [6, 6.07) is 16.1. The number of rotatable bonds is 7. The lowest BCUT2D eigenvalue weighted by molar-refractivity contribution is -0.136. The summed E-state index contributed by atoms with van der Waals surface area (Å²) in [6.07, 6.45) is 0.678. The van der Waals surface area contributed by atoms with E-state index in [0.29, 0.717) is 26.2 Å². The van der Waals surface area contributed by atoms with Gasteiger partial charge in [0.25, 0.3) is 0 Å². The van der Waals surface area contributed by atoms with Crippen LogP contribution in [0.3, 0.4) is 0 Å². The molecule has 0 saturated carbocycles. The normalized spacial score (nSPS) is 14.0. The van der Waals surface area contributed by atoms with Gasteiger partial charge in [0.2, 0.25) is 0 Å². The van der Waals surface area contributed by atoms with E-state index in [1.165, 1.54) is 16.7 Å². The van der Waals surface area contributed by atoms with Crippen LogP contribution < -0.4 is 4.74 Å². The van der Waals surface area contributed by atoms with Crippen LogP contribution in [0.4, 0.5) is 0 Å². The van der Waals surface area contributed by atoms with Crippen molar-refractivity contribution in [2.45, 2.75) is 19.8 Å². The summed E-state index contributed by atoms with van der Waals surface area (Å²) in [6.45, 7) is 3.70. The number of carbonyl (C=O) groups is 1. The molecule has 1 aliphatic rings. The average Bonchev–Trinajstić information content (AvgIpc) is 3.08. The summed E-state index contributed by atoms with van der Waals surface area (Å²) in [7, 11) is 0. The van der Waals surface area contributed by atoms with Crippen LogP contribution >= 0.6 is 0 Å². The molecule has 1 heterocycles.